The quantitative estimate of drug-likeness (QED) is 0.889. The third-order valence-electron chi connectivity index (χ3n) is 3.46. The molecule has 1 unspecified atom stereocenters. The van der Waals surface area contributed by atoms with E-state index >= 15 is 0 Å². The number of aliphatic hydroxyl groups excluding tert-OH is 1. The summed E-state index contributed by atoms with van der Waals surface area (Å²) < 4.78 is 23.8. The Balaban J connectivity index is 2.45. The van der Waals surface area contributed by atoms with Gasteiger partial charge in [-0.15, -0.1) is 0 Å². The lowest BCUT2D eigenvalue weighted by Crippen LogP contribution is -2.24. The first-order chi connectivity index (χ1) is 8.45. The molecule has 0 saturated heterocycles. The highest BCUT2D eigenvalue weighted by Crippen LogP contribution is 2.28. The van der Waals surface area contributed by atoms with Crippen molar-refractivity contribution in [1.82, 2.24) is 4.90 Å². The Hall–Kier alpha value is -0.910. The fraction of sp³-hybridized carbons (Fsp3) is 0.538. The standard InChI is InChI=1S/C13H19NO3S/c1-14(2)12(9-15)10-5-6-13-11(8-10)4-3-7-18(13,16)17/h5-6,8,12,15H,3-4,7,9H2,1-2H3. The van der Waals surface area contributed by atoms with E-state index in [0.29, 0.717) is 11.3 Å². The molecule has 5 heteroatoms. The Morgan fingerprint density at radius 3 is 2.72 bits per heavy atom. The number of benzene rings is 1. The van der Waals surface area contributed by atoms with E-state index in [1.165, 1.54) is 0 Å². The van der Waals surface area contributed by atoms with Crippen molar-refractivity contribution in [2.24, 2.45) is 0 Å². The van der Waals surface area contributed by atoms with E-state index in [9.17, 15) is 13.5 Å². The molecule has 2 rings (SSSR count). The molecule has 1 aliphatic heterocycles. The van der Waals surface area contributed by atoms with Gasteiger partial charge in [0, 0.05) is 0 Å². The molecule has 0 amide bonds. The number of rotatable bonds is 3. The van der Waals surface area contributed by atoms with Crippen LogP contribution >= 0.6 is 0 Å². The molecule has 1 heterocycles. The number of aliphatic hydroxyl groups is 1. The number of sulfone groups is 1. The van der Waals surface area contributed by atoms with Gasteiger partial charge in [-0.3, -0.25) is 0 Å². The zero-order valence-electron chi connectivity index (χ0n) is 10.8. The third-order valence-corrected chi connectivity index (χ3v) is 5.35. The summed E-state index contributed by atoms with van der Waals surface area (Å²) in [5.74, 6) is 0.246. The molecule has 0 aliphatic carbocycles. The first-order valence-corrected chi connectivity index (χ1v) is 7.74. The van der Waals surface area contributed by atoms with Crippen molar-refractivity contribution in [2.45, 2.75) is 23.8 Å². The van der Waals surface area contributed by atoms with Crippen LogP contribution in [0.1, 0.15) is 23.6 Å². The first-order valence-electron chi connectivity index (χ1n) is 6.08. The molecule has 0 saturated carbocycles. The Labute approximate surface area is 108 Å². The van der Waals surface area contributed by atoms with Gasteiger partial charge in [0.1, 0.15) is 0 Å². The van der Waals surface area contributed by atoms with E-state index in [1.54, 1.807) is 6.07 Å². The van der Waals surface area contributed by atoms with Crippen LogP contribution in [0.4, 0.5) is 0 Å². The first kappa shape index (κ1) is 13.5. The van der Waals surface area contributed by atoms with Gasteiger partial charge in [0.2, 0.25) is 0 Å². The smallest absolute Gasteiger partial charge is 0.178 e. The highest BCUT2D eigenvalue weighted by molar-refractivity contribution is 7.91. The summed E-state index contributed by atoms with van der Waals surface area (Å²) in [6.07, 6.45) is 1.48. The average molecular weight is 269 g/mol. The van der Waals surface area contributed by atoms with Gasteiger partial charge in [-0.1, -0.05) is 12.1 Å². The zero-order valence-corrected chi connectivity index (χ0v) is 11.6. The molecule has 18 heavy (non-hydrogen) atoms. The third kappa shape index (κ3) is 2.43. The minimum Gasteiger partial charge on any atom is -0.394 e. The molecule has 1 aromatic carbocycles. The van der Waals surface area contributed by atoms with Crippen LogP contribution in [0.3, 0.4) is 0 Å². The fourth-order valence-corrected chi connectivity index (χ4v) is 4.01. The van der Waals surface area contributed by atoms with Crippen molar-refractivity contribution >= 4 is 9.84 Å². The second kappa shape index (κ2) is 4.99. The monoisotopic (exact) mass is 269 g/mol. The summed E-state index contributed by atoms with van der Waals surface area (Å²) in [6.45, 7) is 0.0263. The summed E-state index contributed by atoms with van der Waals surface area (Å²) >= 11 is 0. The second-order valence-electron chi connectivity index (χ2n) is 4.95. The van der Waals surface area contributed by atoms with Crippen LogP contribution in [0.5, 0.6) is 0 Å². The van der Waals surface area contributed by atoms with Crippen LogP contribution in [0, 0.1) is 0 Å². The van der Waals surface area contributed by atoms with Crippen LogP contribution in [0.2, 0.25) is 0 Å². The molecule has 1 aromatic rings. The molecular formula is C13H19NO3S. The normalized spacial score (nSPS) is 19.6. The molecular weight excluding hydrogens is 250 g/mol. The topological polar surface area (TPSA) is 57.6 Å². The summed E-state index contributed by atoms with van der Waals surface area (Å²) in [5, 5.41) is 9.40. The van der Waals surface area contributed by atoms with Crippen molar-refractivity contribution in [2.75, 3.05) is 26.5 Å². The van der Waals surface area contributed by atoms with E-state index in [4.69, 9.17) is 0 Å². The van der Waals surface area contributed by atoms with Crippen LogP contribution < -0.4 is 0 Å². The van der Waals surface area contributed by atoms with Gasteiger partial charge in [0.05, 0.1) is 23.3 Å². The molecule has 0 spiro atoms. The van der Waals surface area contributed by atoms with E-state index in [-0.39, 0.29) is 18.4 Å². The lowest BCUT2D eigenvalue weighted by Gasteiger charge is -2.24. The van der Waals surface area contributed by atoms with Crippen molar-refractivity contribution in [3.05, 3.63) is 29.3 Å². The van der Waals surface area contributed by atoms with Gasteiger partial charge in [-0.05, 0) is 44.1 Å². The van der Waals surface area contributed by atoms with Crippen molar-refractivity contribution in [3.63, 3.8) is 0 Å². The maximum absolute atomic E-state index is 11.9. The number of nitrogens with zero attached hydrogens (tertiary/aromatic N) is 1. The van der Waals surface area contributed by atoms with E-state index in [1.807, 2.05) is 31.1 Å². The Morgan fingerprint density at radius 2 is 2.11 bits per heavy atom. The number of fused-ring (bicyclic) bond motifs is 1. The maximum atomic E-state index is 11.9. The number of hydrogen-bond donors (Lipinski definition) is 1. The van der Waals surface area contributed by atoms with Crippen LogP contribution in [0.25, 0.3) is 0 Å². The maximum Gasteiger partial charge on any atom is 0.178 e. The minimum atomic E-state index is -3.09. The Bertz CT molecular complexity index is 537. The predicted molar refractivity (Wildman–Crippen MR) is 70.3 cm³/mol. The van der Waals surface area contributed by atoms with Gasteiger partial charge in [0.25, 0.3) is 0 Å². The predicted octanol–water partition coefficient (Wildman–Crippen LogP) is 1.00. The zero-order chi connectivity index (χ0) is 13.3. The van der Waals surface area contributed by atoms with Gasteiger partial charge >= 0.3 is 0 Å². The average Bonchev–Trinajstić information content (AvgIpc) is 2.28. The van der Waals surface area contributed by atoms with Gasteiger partial charge in [0.15, 0.2) is 9.84 Å². The highest BCUT2D eigenvalue weighted by Gasteiger charge is 2.24. The molecule has 0 aromatic heterocycles. The Kier molecular flexibility index (Phi) is 3.75. The lowest BCUT2D eigenvalue weighted by atomic mass is 10.0. The van der Waals surface area contributed by atoms with E-state index in [0.717, 1.165) is 17.5 Å². The number of hydrogen-bond acceptors (Lipinski definition) is 4. The van der Waals surface area contributed by atoms with Crippen LogP contribution in [-0.2, 0) is 16.3 Å². The molecule has 0 fully saturated rings. The van der Waals surface area contributed by atoms with Crippen LogP contribution in [0.15, 0.2) is 23.1 Å². The van der Waals surface area contributed by atoms with Crippen LogP contribution in [-0.4, -0.2) is 44.9 Å². The van der Waals surface area contributed by atoms with Crippen molar-refractivity contribution in [3.8, 4) is 0 Å². The Morgan fingerprint density at radius 1 is 1.39 bits per heavy atom. The van der Waals surface area contributed by atoms with E-state index in [2.05, 4.69) is 0 Å². The molecule has 4 nitrogen and oxygen atoms in total. The second-order valence-corrected chi connectivity index (χ2v) is 7.03. The summed E-state index contributed by atoms with van der Waals surface area (Å²) in [5.41, 5.74) is 1.86. The number of aryl methyl sites for hydroxylation is 1. The van der Waals surface area contributed by atoms with Gasteiger partial charge in [-0.2, -0.15) is 0 Å². The molecule has 1 aliphatic rings. The SMILES string of the molecule is CN(C)C(CO)c1ccc2c(c1)CCCS2(=O)=O. The largest absolute Gasteiger partial charge is 0.394 e. The van der Waals surface area contributed by atoms with E-state index < -0.39 is 9.84 Å². The van der Waals surface area contributed by atoms with Gasteiger partial charge < -0.3 is 10.0 Å². The molecule has 0 bridgehead atoms. The van der Waals surface area contributed by atoms with Crippen molar-refractivity contribution in [1.29, 1.82) is 0 Å². The molecule has 100 valence electrons. The fourth-order valence-electron chi connectivity index (χ4n) is 2.43. The van der Waals surface area contributed by atoms with Crippen molar-refractivity contribution < 1.29 is 13.5 Å². The van der Waals surface area contributed by atoms with Gasteiger partial charge in [-0.25, -0.2) is 8.42 Å². The minimum absolute atomic E-state index is 0.0263. The highest BCUT2D eigenvalue weighted by atomic mass is 32.2. The molecule has 0 radical (unpaired) electrons. The summed E-state index contributed by atoms with van der Waals surface area (Å²) in [7, 11) is 0.712. The lowest BCUT2D eigenvalue weighted by molar-refractivity contribution is 0.170. The summed E-state index contributed by atoms with van der Waals surface area (Å²) in [4.78, 5) is 2.40. The molecule has 1 N–H and O–H groups in total. The molecule has 1 atom stereocenters. The summed E-state index contributed by atoms with van der Waals surface area (Å²) in [6, 6.07) is 5.33. The number of likely N-dealkylation sites (N-methyl/N-ethyl adjacent to an activating group) is 1.